The zero-order valence-corrected chi connectivity index (χ0v) is 10.6. The SMILES string of the molecule is C#CC(/C=C/CNC(C)=O)(NC(C)=O)C(=O)OC. The lowest BCUT2D eigenvalue weighted by molar-refractivity contribution is -0.146. The van der Waals surface area contributed by atoms with Gasteiger partial charge in [-0.2, -0.15) is 0 Å². The van der Waals surface area contributed by atoms with Crippen LogP contribution in [0.4, 0.5) is 0 Å². The van der Waals surface area contributed by atoms with Gasteiger partial charge in [0.15, 0.2) is 0 Å². The Morgan fingerprint density at radius 2 is 1.94 bits per heavy atom. The Morgan fingerprint density at radius 1 is 1.33 bits per heavy atom. The van der Waals surface area contributed by atoms with E-state index in [1.165, 1.54) is 26.0 Å². The monoisotopic (exact) mass is 252 g/mol. The van der Waals surface area contributed by atoms with Gasteiger partial charge < -0.3 is 15.4 Å². The summed E-state index contributed by atoms with van der Waals surface area (Å²) in [6.45, 7) is 2.78. The fraction of sp³-hybridized carbons (Fsp3) is 0.417. The summed E-state index contributed by atoms with van der Waals surface area (Å²) in [7, 11) is 1.16. The number of esters is 1. The summed E-state index contributed by atoms with van der Waals surface area (Å²) in [4.78, 5) is 33.3. The van der Waals surface area contributed by atoms with Gasteiger partial charge in [-0.15, -0.1) is 6.42 Å². The number of carbonyl (C=O) groups excluding carboxylic acids is 3. The lowest BCUT2D eigenvalue weighted by Crippen LogP contribution is -2.52. The molecule has 0 bridgehead atoms. The molecular weight excluding hydrogens is 236 g/mol. The van der Waals surface area contributed by atoms with E-state index in [1.54, 1.807) is 0 Å². The zero-order chi connectivity index (χ0) is 14.2. The maximum absolute atomic E-state index is 11.6. The number of hydrogen-bond donors (Lipinski definition) is 2. The Balaban J connectivity index is 4.97. The van der Waals surface area contributed by atoms with E-state index in [2.05, 4.69) is 21.3 Å². The molecule has 0 aromatic carbocycles. The number of carbonyl (C=O) groups is 3. The van der Waals surface area contributed by atoms with Gasteiger partial charge in [-0.3, -0.25) is 9.59 Å². The lowest BCUT2D eigenvalue weighted by atomic mass is 10.00. The van der Waals surface area contributed by atoms with E-state index in [0.29, 0.717) is 0 Å². The summed E-state index contributed by atoms with van der Waals surface area (Å²) >= 11 is 0. The molecule has 2 N–H and O–H groups in total. The fourth-order valence-corrected chi connectivity index (χ4v) is 1.18. The molecule has 1 atom stereocenters. The van der Waals surface area contributed by atoms with Crippen LogP contribution in [0.15, 0.2) is 12.2 Å². The minimum atomic E-state index is -1.65. The molecule has 6 heteroatoms. The van der Waals surface area contributed by atoms with Gasteiger partial charge in [0.2, 0.25) is 17.4 Å². The van der Waals surface area contributed by atoms with Gasteiger partial charge in [0.25, 0.3) is 0 Å². The van der Waals surface area contributed by atoms with Gasteiger partial charge in [-0.1, -0.05) is 12.0 Å². The minimum absolute atomic E-state index is 0.190. The Hall–Kier alpha value is -2.29. The molecule has 1 unspecified atom stereocenters. The third-order valence-corrected chi connectivity index (χ3v) is 1.94. The molecule has 98 valence electrons. The molecule has 0 spiro atoms. The Labute approximate surface area is 106 Å². The van der Waals surface area contributed by atoms with E-state index in [0.717, 1.165) is 7.11 Å². The van der Waals surface area contributed by atoms with Crippen molar-refractivity contribution in [2.24, 2.45) is 0 Å². The van der Waals surface area contributed by atoms with Crippen LogP contribution < -0.4 is 10.6 Å². The van der Waals surface area contributed by atoms with E-state index in [4.69, 9.17) is 6.42 Å². The summed E-state index contributed by atoms with van der Waals surface area (Å²) in [5.41, 5.74) is -1.65. The third-order valence-electron chi connectivity index (χ3n) is 1.94. The number of rotatable bonds is 5. The molecule has 2 amide bonds. The van der Waals surface area contributed by atoms with Crippen LogP contribution in [0, 0.1) is 12.3 Å². The van der Waals surface area contributed by atoms with Gasteiger partial charge in [0.1, 0.15) is 0 Å². The molecular formula is C12H16N2O4. The largest absolute Gasteiger partial charge is 0.466 e. The van der Waals surface area contributed by atoms with Gasteiger partial charge in [0.05, 0.1) is 7.11 Å². The Kier molecular flexibility index (Phi) is 6.21. The van der Waals surface area contributed by atoms with Crippen LogP contribution >= 0.6 is 0 Å². The van der Waals surface area contributed by atoms with Crippen molar-refractivity contribution in [3.8, 4) is 12.3 Å². The maximum atomic E-state index is 11.6. The summed E-state index contributed by atoms with van der Waals surface area (Å²) in [5, 5.41) is 4.83. The van der Waals surface area contributed by atoms with Gasteiger partial charge in [0, 0.05) is 20.4 Å². The number of methoxy groups -OCH3 is 1. The second kappa shape index (κ2) is 7.12. The standard InChI is InChI=1S/C12H16N2O4/c1-5-12(11(17)18-4,14-10(3)16)7-6-8-13-9(2)15/h1,6-7H,8H2,2-4H3,(H,13,15)(H,14,16)/b7-6+. The van der Waals surface area contributed by atoms with Crippen molar-refractivity contribution in [1.29, 1.82) is 0 Å². The lowest BCUT2D eigenvalue weighted by Gasteiger charge is -2.22. The average molecular weight is 252 g/mol. The molecule has 0 saturated heterocycles. The van der Waals surface area contributed by atoms with Crippen LogP contribution in [-0.2, 0) is 19.1 Å². The van der Waals surface area contributed by atoms with Crippen molar-refractivity contribution in [3.63, 3.8) is 0 Å². The number of amides is 2. The van der Waals surface area contributed by atoms with Crippen molar-refractivity contribution in [2.45, 2.75) is 19.4 Å². The minimum Gasteiger partial charge on any atom is -0.466 e. The van der Waals surface area contributed by atoms with E-state index in [9.17, 15) is 14.4 Å². The molecule has 0 fully saturated rings. The normalized spacial score (nSPS) is 13.2. The fourth-order valence-electron chi connectivity index (χ4n) is 1.18. The summed E-state index contributed by atoms with van der Waals surface area (Å²) in [6, 6.07) is 0. The van der Waals surface area contributed by atoms with Crippen molar-refractivity contribution in [3.05, 3.63) is 12.2 Å². The third kappa shape index (κ3) is 4.70. The van der Waals surface area contributed by atoms with E-state index >= 15 is 0 Å². The van der Waals surface area contributed by atoms with Crippen LogP contribution in [0.25, 0.3) is 0 Å². The van der Waals surface area contributed by atoms with Crippen LogP contribution in [0.2, 0.25) is 0 Å². The molecule has 0 heterocycles. The van der Waals surface area contributed by atoms with E-state index < -0.39 is 17.4 Å². The van der Waals surface area contributed by atoms with Gasteiger partial charge in [-0.05, 0) is 6.08 Å². The van der Waals surface area contributed by atoms with Gasteiger partial charge >= 0.3 is 5.97 Å². The Morgan fingerprint density at radius 3 is 2.33 bits per heavy atom. The summed E-state index contributed by atoms with van der Waals surface area (Å²) < 4.78 is 4.55. The molecule has 0 aliphatic rings. The molecule has 18 heavy (non-hydrogen) atoms. The molecule has 0 aliphatic carbocycles. The molecule has 0 saturated carbocycles. The topological polar surface area (TPSA) is 84.5 Å². The number of nitrogens with one attached hydrogen (secondary N) is 2. The predicted molar refractivity (Wildman–Crippen MR) is 65.2 cm³/mol. The predicted octanol–water partition coefficient (Wildman–Crippen LogP) is -0.640. The van der Waals surface area contributed by atoms with Crippen molar-refractivity contribution >= 4 is 17.8 Å². The van der Waals surface area contributed by atoms with Crippen LogP contribution in [0.5, 0.6) is 0 Å². The molecule has 0 aliphatic heterocycles. The number of terminal acetylenes is 1. The first-order chi connectivity index (χ1) is 8.38. The van der Waals surface area contributed by atoms with E-state index in [-0.39, 0.29) is 12.5 Å². The highest BCUT2D eigenvalue weighted by molar-refractivity contribution is 5.92. The van der Waals surface area contributed by atoms with Crippen molar-refractivity contribution in [1.82, 2.24) is 10.6 Å². The summed E-state index contributed by atoms with van der Waals surface area (Å²) in [6.07, 6.45) is 8.04. The molecule has 0 aromatic rings. The zero-order valence-electron chi connectivity index (χ0n) is 10.6. The second-order valence-corrected chi connectivity index (χ2v) is 3.46. The highest BCUT2D eigenvalue weighted by Gasteiger charge is 2.35. The first-order valence-electron chi connectivity index (χ1n) is 5.15. The highest BCUT2D eigenvalue weighted by Crippen LogP contribution is 2.08. The van der Waals surface area contributed by atoms with Crippen LogP contribution in [-0.4, -0.2) is 37.0 Å². The smallest absolute Gasteiger partial charge is 0.348 e. The first kappa shape index (κ1) is 15.7. The number of ether oxygens (including phenoxy) is 1. The quantitative estimate of drug-likeness (QED) is 0.387. The van der Waals surface area contributed by atoms with Crippen molar-refractivity contribution < 1.29 is 19.1 Å². The Bertz CT molecular complexity index is 409. The van der Waals surface area contributed by atoms with Gasteiger partial charge in [-0.25, -0.2) is 4.79 Å². The summed E-state index contributed by atoms with van der Waals surface area (Å²) in [5.74, 6) is 0.712. The molecule has 0 rings (SSSR count). The van der Waals surface area contributed by atoms with Crippen LogP contribution in [0.3, 0.4) is 0 Å². The maximum Gasteiger partial charge on any atom is 0.348 e. The van der Waals surface area contributed by atoms with E-state index in [1.807, 2.05) is 0 Å². The van der Waals surface area contributed by atoms with Crippen LogP contribution in [0.1, 0.15) is 13.8 Å². The van der Waals surface area contributed by atoms with Crippen molar-refractivity contribution in [2.75, 3.05) is 13.7 Å². The molecule has 0 radical (unpaired) electrons. The average Bonchev–Trinajstić information content (AvgIpc) is 2.31. The number of hydrogen-bond acceptors (Lipinski definition) is 4. The second-order valence-electron chi connectivity index (χ2n) is 3.46. The molecule has 0 aromatic heterocycles. The highest BCUT2D eigenvalue weighted by atomic mass is 16.5. The first-order valence-corrected chi connectivity index (χ1v) is 5.15. The molecule has 6 nitrogen and oxygen atoms in total.